The lowest BCUT2D eigenvalue weighted by molar-refractivity contribution is -0.114. The molecule has 7 heteroatoms. The fourth-order valence-electron chi connectivity index (χ4n) is 2.26. The Kier molecular flexibility index (Phi) is 5.56. The first-order chi connectivity index (χ1) is 12.6. The highest BCUT2D eigenvalue weighted by Crippen LogP contribution is 2.17. The molecule has 0 aliphatic rings. The molecule has 0 bridgehead atoms. The predicted molar refractivity (Wildman–Crippen MR) is 102 cm³/mol. The lowest BCUT2D eigenvalue weighted by Gasteiger charge is -2.10. The van der Waals surface area contributed by atoms with Crippen LogP contribution in [0.4, 0.5) is 17.1 Å². The van der Waals surface area contributed by atoms with Crippen LogP contribution in [0.1, 0.15) is 10.6 Å². The van der Waals surface area contributed by atoms with Gasteiger partial charge in [-0.25, -0.2) is 0 Å². The third kappa shape index (κ3) is 4.87. The van der Waals surface area contributed by atoms with E-state index in [4.69, 9.17) is 16.0 Å². The second-order valence-electron chi connectivity index (χ2n) is 5.42. The van der Waals surface area contributed by atoms with Crippen molar-refractivity contribution in [2.75, 3.05) is 22.5 Å². The molecule has 0 saturated carbocycles. The molecule has 2 aromatic carbocycles. The van der Waals surface area contributed by atoms with Gasteiger partial charge in [0.15, 0.2) is 5.76 Å². The van der Waals surface area contributed by atoms with E-state index >= 15 is 0 Å². The lowest BCUT2D eigenvalue weighted by Crippen LogP contribution is -2.21. The molecule has 3 aromatic rings. The Hall–Kier alpha value is -3.25. The van der Waals surface area contributed by atoms with Gasteiger partial charge in [0.05, 0.1) is 12.8 Å². The predicted octanol–water partition coefficient (Wildman–Crippen LogP) is 4.24. The highest BCUT2D eigenvalue weighted by Gasteiger charge is 2.09. The Bertz CT molecular complexity index is 910. The molecule has 0 fully saturated rings. The fraction of sp³-hybridized carbons (Fsp3) is 0.0526. The average molecular weight is 370 g/mol. The highest BCUT2D eigenvalue weighted by molar-refractivity contribution is 6.30. The van der Waals surface area contributed by atoms with Crippen LogP contribution in [0.3, 0.4) is 0 Å². The van der Waals surface area contributed by atoms with Gasteiger partial charge in [-0.05, 0) is 48.5 Å². The number of benzene rings is 2. The van der Waals surface area contributed by atoms with Crippen LogP contribution >= 0.6 is 11.6 Å². The van der Waals surface area contributed by atoms with Crippen molar-refractivity contribution in [1.29, 1.82) is 0 Å². The standard InChI is InChI=1S/C19H16ClN3O3/c20-13-4-1-5-14(10-13)21-12-18(24)22-15-6-2-7-16(11-15)23-19(25)17-8-3-9-26-17/h1-11,21H,12H2,(H,22,24)(H,23,25). The van der Waals surface area contributed by atoms with Gasteiger partial charge < -0.3 is 20.4 Å². The van der Waals surface area contributed by atoms with Gasteiger partial charge in [0.25, 0.3) is 5.91 Å². The van der Waals surface area contributed by atoms with Crippen molar-refractivity contribution in [2.24, 2.45) is 0 Å². The molecule has 0 unspecified atom stereocenters. The smallest absolute Gasteiger partial charge is 0.291 e. The van der Waals surface area contributed by atoms with E-state index in [2.05, 4.69) is 16.0 Å². The van der Waals surface area contributed by atoms with Gasteiger partial charge in [0.1, 0.15) is 0 Å². The van der Waals surface area contributed by atoms with Gasteiger partial charge in [-0.1, -0.05) is 23.7 Å². The lowest BCUT2D eigenvalue weighted by atomic mass is 10.2. The van der Waals surface area contributed by atoms with Crippen LogP contribution in [0.5, 0.6) is 0 Å². The number of anilines is 3. The van der Waals surface area contributed by atoms with E-state index < -0.39 is 0 Å². The average Bonchev–Trinajstić information content (AvgIpc) is 3.15. The van der Waals surface area contributed by atoms with Crippen LogP contribution in [0.25, 0.3) is 0 Å². The summed E-state index contributed by atoms with van der Waals surface area (Å²) in [5, 5.41) is 9.06. The summed E-state index contributed by atoms with van der Waals surface area (Å²) in [6.07, 6.45) is 1.43. The van der Waals surface area contributed by atoms with Crippen LogP contribution in [-0.4, -0.2) is 18.4 Å². The monoisotopic (exact) mass is 369 g/mol. The van der Waals surface area contributed by atoms with Crippen molar-refractivity contribution < 1.29 is 14.0 Å². The maximum absolute atomic E-state index is 12.1. The second-order valence-corrected chi connectivity index (χ2v) is 5.86. The van der Waals surface area contributed by atoms with E-state index in [1.807, 2.05) is 6.07 Å². The Morgan fingerprint density at radius 3 is 2.35 bits per heavy atom. The number of hydrogen-bond acceptors (Lipinski definition) is 4. The third-order valence-corrected chi connectivity index (χ3v) is 3.66. The van der Waals surface area contributed by atoms with Crippen molar-refractivity contribution in [3.8, 4) is 0 Å². The van der Waals surface area contributed by atoms with Gasteiger partial charge in [0, 0.05) is 22.1 Å². The molecular weight excluding hydrogens is 354 g/mol. The van der Waals surface area contributed by atoms with Crippen LogP contribution in [0.15, 0.2) is 71.3 Å². The molecule has 6 nitrogen and oxygen atoms in total. The molecular formula is C19H16ClN3O3. The molecule has 1 aromatic heterocycles. The second kappa shape index (κ2) is 8.22. The van der Waals surface area contributed by atoms with Gasteiger partial charge in [0.2, 0.25) is 5.91 Å². The molecule has 0 aliphatic carbocycles. The normalized spacial score (nSPS) is 10.2. The SMILES string of the molecule is O=C(CNc1cccc(Cl)c1)Nc1cccc(NC(=O)c2ccco2)c1. The molecule has 1 heterocycles. The molecule has 132 valence electrons. The summed E-state index contributed by atoms with van der Waals surface area (Å²) in [6.45, 7) is 0.0866. The van der Waals surface area contributed by atoms with Crippen LogP contribution in [0, 0.1) is 0 Å². The van der Waals surface area contributed by atoms with Gasteiger partial charge >= 0.3 is 0 Å². The summed E-state index contributed by atoms with van der Waals surface area (Å²) in [5.74, 6) is -0.370. The zero-order valence-electron chi connectivity index (χ0n) is 13.7. The van der Waals surface area contributed by atoms with Crippen LogP contribution in [-0.2, 0) is 4.79 Å². The summed E-state index contributed by atoms with van der Waals surface area (Å²) in [4.78, 5) is 24.1. The Morgan fingerprint density at radius 2 is 1.62 bits per heavy atom. The maximum Gasteiger partial charge on any atom is 0.291 e. The van der Waals surface area contributed by atoms with E-state index in [1.165, 1.54) is 6.26 Å². The number of carbonyl (C=O) groups is 2. The van der Waals surface area contributed by atoms with Crippen molar-refractivity contribution in [3.05, 3.63) is 77.7 Å². The van der Waals surface area contributed by atoms with Crippen molar-refractivity contribution in [3.63, 3.8) is 0 Å². The molecule has 2 amide bonds. The third-order valence-electron chi connectivity index (χ3n) is 3.43. The minimum absolute atomic E-state index is 0.0866. The molecule has 3 N–H and O–H groups in total. The zero-order valence-corrected chi connectivity index (χ0v) is 14.4. The van der Waals surface area contributed by atoms with Crippen molar-refractivity contribution in [2.45, 2.75) is 0 Å². The zero-order chi connectivity index (χ0) is 18.4. The molecule has 0 saturated heterocycles. The van der Waals surface area contributed by atoms with E-state index in [9.17, 15) is 9.59 Å². The summed E-state index contributed by atoms with van der Waals surface area (Å²) in [7, 11) is 0. The minimum Gasteiger partial charge on any atom is -0.459 e. The first-order valence-electron chi connectivity index (χ1n) is 7.84. The summed E-state index contributed by atoms with van der Waals surface area (Å²) >= 11 is 5.90. The summed E-state index contributed by atoms with van der Waals surface area (Å²) < 4.78 is 5.05. The molecule has 0 radical (unpaired) electrons. The quantitative estimate of drug-likeness (QED) is 0.607. The Morgan fingerprint density at radius 1 is 0.885 bits per heavy atom. The Labute approximate surface area is 155 Å². The first kappa shape index (κ1) is 17.6. The van der Waals surface area contributed by atoms with E-state index in [1.54, 1.807) is 54.6 Å². The van der Waals surface area contributed by atoms with Crippen molar-refractivity contribution in [1.82, 2.24) is 0 Å². The summed E-state index contributed by atoms with van der Waals surface area (Å²) in [6, 6.07) is 17.2. The first-order valence-corrected chi connectivity index (χ1v) is 8.22. The minimum atomic E-state index is -0.360. The number of amides is 2. The molecule has 0 atom stereocenters. The van der Waals surface area contributed by atoms with Gasteiger partial charge in [-0.15, -0.1) is 0 Å². The molecule has 26 heavy (non-hydrogen) atoms. The summed E-state index contributed by atoms with van der Waals surface area (Å²) in [5.41, 5.74) is 1.87. The number of furan rings is 1. The molecule has 0 aliphatic heterocycles. The number of rotatable bonds is 6. The van der Waals surface area contributed by atoms with Gasteiger partial charge in [-0.3, -0.25) is 9.59 Å². The van der Waals surface area contributed by atoms with E-state index in [0.29, 0.717) is 16.4 Å². The topological polar surface area (TPSA) is 83.4 Å². The van der Waals surface area contributed by atoms with E-state index in [0.717, 1.165) is 5.69 Å². The molecule has 3 rings (SSSR count). The number of hydrogen-bond donors (Lipinski definition) is 3. The maximum atomic E-state index is 12.1. The molecule has 0 spiro atoms. The van der Waals surface area contributed by atoms with Crippen LogP contribution < -0.4 is 16.0 Å². The largest absolute Gasteiger partial charge is 0.459 e. The van der Waals surface area contributed by atoms with Gasteiger partial charge in [-0.2, -0.15) is 0 Å². The number of carbonyl (C=O) groups excluding carboxylic acids is 2. The van der Waals surface area contributed by atoms with Crippen molar-refractivity contribution >= 4 is 40.5 Å². The highest BCUT2D eigenvalue weighted by atomic mass is 35.5. The fourth-order valence-corrected chi connectivity index (χ4v) is 2.45. The van der Waals surface area contributed by atoms with Crippen LogP contribution in [0.2, 0.25) is 5.02 Å². The Balaban J connectivity index is 1.56. The number of nitrogens with one attached hydrogen (secondary N) is 3. The van der Waals surface area contributed by atoms with E-state index in [-0.39, 0.29) is 24.1 Å². The number of halogens is 1.